The zero-order valence-electron chi connectivity index (χ0n) is 15.9. The first-order valence-electron chi connectivity index (χ1n) is 8.71. The average molecular weight is 502 g/mol. The van der Waals surface area contributed by atoms with Crippen LogP contribution < -0.4 is 4.90 Å². The Morgan fingerprint density at radius 2 is 2.03 bits per heavy atom. The summed E-state index contributed by atoms with van der Waals surface area (Å²) in [5.74, 6) is -0.734. The zero-order chi connectivity index (χ0) is 21.6. The monoisotopic (exact) mass is 500 g/mol. The Morgan fingerprint density at radius 1 is 1.41 bits per heavy atom. The minimum atomic E-state index is -1.60. The van der Waals surface area contributed by atoms with Crippen LogP contribution in [0.1, 0.15) is 31.9 Å². The van der Waals surface area contributed by atoms with Gasteiger partial charge in [-0.05, 0) is 53.9 Å². The highest BCUT2D eigenvalue weighted by atomic mass is 79.9. The molecule has 1 aliphatic rings. The molecular weight excluding hydrogens is 483 g/mol. The Kier molecular flexibility index (Phi) is 6.02. The number of rotatable bonds is 3. The highest BCUT2D eigenvalue weighted by molar-refractivity contribution is 9.10. The van der Waals surface area contributed by atoms with E-state index >= 15 is 0 Å². The molecule has 0 spiro atoms. The van der Waals surface area contributed by atoms with Gasteiger partial charge in [-0.2, -0.15) is 0 Å². The van der Waals surface area contributed by atoms with Gasteiger partial charge in [-0.1, -0.05) is 46.3 Å². The molecule has 3 rings (SSSR count). The molecule has 0 saturated carbocycles. The molecule has 1 N–H and O–H groups in total. The highest BCUT2D eigenvalue weighted by Crippen LogP contribution is 2.49. The highest BCUT2D eigenvalue weighted by Gasteiger charge is 2.50. The van der Waals surface area contributed by atoms with Gasteiger partial charge in [0.05, 0.1) is 16.9 Å². The van der Waals surface area contributed by atoms with Crippen LogP contribution in [0, 0.1) is 5.82 Å². The van der Waals surface area contributed by atoms with Crippen molar-refractivity contribution in [3.05, 3.63) is 62.8 Å². The fourth-order valence-electron chi connectivity index (χ4n) is 3.25. The van der Waals surface area contributed by atoms with E-state index in [2.05, 4.69) is 20.3 Å². The van der Waals surface area contributed by atoms with Crippen molar-refractivity contribution in [3.63, 3.8) is 0 Å². The number of carbonyl (C=O) groups is 1. The van der Waals surface area contributed by atoms with Crippen LogP contribution in [0.5, 0.6) is 0 Å². The third-order valence-electron chi connectivity index (χ3n) is 4.68. The van der Waals surface area contributed by atoms with Gasteiger partial charge in [-0.25, -0.2) is 9.18 Å². The van der Waals surface area contributed by atoms with Crippen LogP contribution in [0.15, 0.2) is 45.3 Å². The number of hydrogen-bond donors (Lipinski definition) is 1. The fraction of sp³-hybridized carbons (Fsp3) is 0.300. The van der Waals surface area contributed by atoms with Crippen molar-refractivity contribution in [2.45, 2.75) is 37.5 Å². The second-order valence-electron chi connectivity index (χ2n) is 7.67. The first-order valence-corrected chi connectivity index (χ1v) is 11.0. The maximum Gasteiger partial charge on any atom is 0.412 e. The van der Waals surface area contributed by atoms with Gasteiger partial charge >= 0.3 is 6.09 Å². The van der Waals surface area contributed by atoms with Gasteiger partial charge in [0.15, 0.2) is 0 Å². The number of amides is 1. The molecule has 1 aliphatic heterocycles. The van der Waals surface area contributed by atoms with E-state index in [9.17, 15) is 18.8 Å². The maximum atomic E-state index is 14.3. The smallest absolute Gasteiger partial charge is 0.412 e. The molecule has 0 bridgehead atoms. The summed E-state index contributed by atoms with van der Waals surface area (Å²) in [6, 6.07) is 9.99. The largest absolute Gasteiger partial charge is 0.591 e. The number of fused-ring (bicyclic) bond motifs is 1. The molecule has 0 saturated heterocycles. The van der Waals surface area contributed by atoms with E-state index in [0.717, 1.165) is 11.0 Å². The van der Waals surface area contributed by atoms with Crippen molar-refractivity contribution >= 4 is 56.9 Å². The first kappa shape index (κ1) is 22.1. The third-order valence-corrected chi connectivity index (χ3v) is 7.49. The van der Waals surface area contributed by atoms with E-state index in [4.69, 9.17) is 11.6 Å². The van der Waals surface area contributed by atoms with E-state index in [0.29, 0.717) is 15.6 Å². The van der Waals surface area contributed by atoms with Crippen LogP contribution in [0.3, 0.4) is 0 Å². The predicted octanol–water partition coefficient (Wildman–Crippen LogP) is 5.71. The minimum Gasteiger partial charge on any atom is -0.591 e. The normalized spacial score (nSPS) is 20.2. The van der Waals surface area contributed by atoms with Crippen LogP contribution >= 0.6 is 27.5 Å². The van der Waals surface area contributed by atoms with Crippen LogP contribution in [-0.2, 0) is 23.3 Å². The predicted molar refractivity (Wildman–Crippen MR) is 118 cm³/mol. The molecule has 154 valence electrons. The molecule has 1 amide bonds. The fourth-order valence-corrected chi connectivity index (χ4v) is 4.54. The number of halogens is 3. The third kappa shape index (κ3) is 3.91. The molecule has 2 aromatic carbocycles. The van der Waals surface area contributed by atoms with Crippen molar-refractivity contribution in [1.29, 1.82) is 0 Å². The van der Waals surface area contributed by atoms with Crippen LogP contribution in [0.4, 0.5) is 14.9 Å². The van der Waals surface area contributed by atoms with Crippen LogP contribution in [0.25, 0.3) is 0 Å². The van der Waals surface area contributed by atoms with E-state index in [1.807, 2.05) is 0 Å². The number of nitrogens with zero attached hydrogens (tertiary/aromatic N) is 2. The van der Waals surface area contributed by atoms with Gasteiger partial charge in [-0.15, -0.1) is 0 Å². The molecule has 5 nitrogen and oxygen atoms in total. The van der Waals surface area contributed by atoms with Crippen LogP contribution in [0.2, 0.25) is 5.02 Å². The summed E-state index contributed by atoms with van der Waals surface area (Å²) in [7, 11) is 0. The molecule has 2 atom stereocenters. The van der Waals surface area contributed by atoms with E-state index in [-0.39, 0.29) is 17.1 Å². The molecule has 29 heavy (non-hydrogen) atoms. The Balaban J connectivity index is 2.27. The molecule has 0 fully saturated rings. The molecule has 0 aromatic heterocycles. The van der Waals surface area contributed by atoms with Crippen molar-refractivity contribution < 1.29 is 18.8 Å². The van der Waals surface area contributed by atoms with Crippen molar-refractivity contribution in [2.75, 3.05) is 4.90 Å². The summed E-state index contributed by atoms with van der Waals surface area (Å²) in [5, 5.41) is 9.93. The second-order valence-corrected chi connectivity index (χ2v) is 10.8. The molecule has 9 heteroatoms. The van der Waals surface area contributed by atoms with Gasteiger partial charge in [0.25, 0.3) is 0 Å². The lowest BCUT2D eigenvalue weighted by atomic mass is 9.87. The lowest BCUT2D eigenvalue weighted by Crippen LogP contribution is -2.49. The zero-order valence-corrected chi connectivity index (χ0v) is 19.1. The standard InChI is InChI=1S/C20H19BrClFN2O3S/c1-19(2,3)29(28)24-11-20(12-7-5-4-6-8-12)10-13-15(25(20)18(26)27)9-14(23)17(22)16(13)21/h4-9,11H,10H2,1-3H3,(H,26,27)/b24-11+/t20-,29?/m1/s1. The molecule has 0 aliphatic carbocycles. The Labute approximate surface area is 185 Å². The van der Waals surface area contributed by atoms with E-state index in [1.54, 1.807) is 51.1 Å². The first-order chi connectivity index (χ1) is 13.5. The molecular formula is C20H19BrClFN2O3S. The second kappa shape index (κ2) is 7.91. The molecule has 1 unspecified atom stereocenters. The van der Waals surface area contributed by atoms with Crippen LogP contribution in [-0.4, -0.2) is 26.7 Å². The Morgan fingerprint density at radius 3 is 2.59 bits per heavy atom. The Hall–Kier alpha value is -1.61. The molecule has 1 heterocycles. The average Bonchev–Trinajstić information content (AvgIpc) is 2.99. The van der Waals surface area contributed by atoms with E-state index < -0.39 is 33.6 Å². The van der Waals surface area contributed by atoms with Crippen molar-refractivity contribution in [2.24, 2.45) is 4.40 Å². The number of anilines is 1. The topological polar surface area (TPSA) is 76.0 Å². The summed E-state index contributed by atoms with van der Waals surface area (Å²) in [6.45, 7) is 5.33. The van der Waals surface area contributed by atoms with Crippen molar-refractivity contribution in [3.8, 4) is 0 Å². The molecule has 0 radical (unpaired) electrons. The number of carboxylic acid groups (broad SMARTS) is 1. The number of benzene rings is 2. The maximum absolute atomic E-state index is 14.3. The Bertz CT molecular complexity index is 984. The van der Waals surface area contributed by atoms with E-state index in [1.165, 1.54) is 6.21 Å². The van der Waals surface area contributed by atoms with Gasteiger partial charge < -0.3 is 9.66 Å². The molecule has 2 aromatic rings. The van der Waals surface area contributed by atoms with Gasteiger partial charge in [0, 0.05) is 10.9 Å². The van der Waals surface area contributed by atoms with Gasteiger partial charge in [0.1, 0.15) is 27.5 Å². The summed E-state index contributed by atoms with van der Waals surface area (Å²) >= 11 is 7.74. The van der Waals surface area contributed by atoms with Gasteiger partial charge in [0.2, 0.25) is 0 Å². The summed E-state index contributed by atoms with van der Waals surface area (Å²) in [6.07, 6.45) is 0.273. The lowest BCUT2D eigenvalue weighted by molar-refractivity contribution is 0.197. The lowest BCUT2D eigenvalue weighted by Gasteiger charge is -2.34. The van der Waals surface area contributed by atoms with Crippen molar-refractivity contribution in [1.82, 2.24) is 0 Å². The van der Waals surface area contributed by atoms with Gasteiger partial charge in [-0.3, -0.25) is 4.90 Å². The quantitative estimate of drug-likeness (QED) is 0.332. The SMILES string of the molecule is CC(C)(C)[S+]([O-])/N=C/[C@@]1(c2ccccc2)Cc2c(cc(F)c(Cl)c2Br)N1C(=O)O. The number of hydrogen-bond acceptors (Lipinski definition) is 3. The summed E-state index contributed by atoms with van der Waals surface area (Å²) in [5.41, 5.74) is 0.0335. The minimum absolute atomic E-state index is 0.117. The summed E-state index contributed by atoms with van der Waals surface area (Å²) < 4.78 is 30.8. The summed E-state index contributed by atoms with van der Waals surface area (Å²) in [4.78, 5) is 13.4.